The minimum Gasteiger partial charge on any atom is -0.497 e. The standard InChI is InChI=1S/C21H22FN3O2/c1-26-18-8-2-15(3-9-18)13-25-10-11-27-14-20(25)21-23-12-19(24-21)16-4-6-17(22)7-5-16/h2-9,12,20H,10-11,13-14H2,1H3,(H,23,24)/t20-/m0/s1. The van der Waals surface area contributed by atoms with Crippen molar-refractivity contribution in [3.8, 4) is 17.0 Å². The summed E-state index contributed by atoms with van der Waals surface area (Å²) in [5.41, 5.74) is 3.00. The van der Waals surface area contributed by atoms with Crippen molar-refractivity contribution in [3.63, 3.8) is 0 Å². The highest BCUT2D eigenvalue weighted by Crippen LogP contribution is 2.27. The van der Waals surface area contributed by atoms with Gasteiger partial charge in [-0.15, -0.1) is 0 Å². The largest absolute Gasteiger partial charge is 0.497 e. The lowest BCUT2D eigenvalue weighted by molar-refractivity contribution is -0.0156. The molecule has 1 aliphatic heterocycles. The van der Waals surface area contributed by atoms with Crippen molar-refractivity contribution in [2.75, 3.05) is 26.9 Å². The fourth-order valence-corrected chi connectivity index (χ4v) is 3.33. The van der Waals surface area contributed by atoms with E-state index in [2.05, 4.69) is 27.0 Å². The quantitative estimate of drug-likeness (QED) is 0.745. The van der Waals surface area contributed by atoms with E-state index in [4.69, 9.17) is 9.47 Å². The zero-order chi connectivity index (χ0) is 18.6. The van der Waals surface area contributed by atoms with Crippen molar-refractivity contribution in [2.24, 2.45) is 0 Å². The van der Waals surface area contributed by atoms with Gasteiger partial charge in [0.25, 0.3) is 0 Å². The van der Waals surface area contributed by atoms with Crippen LogP contribution in [0.4, 0.5) is 4.39 Å². The zero-order valence-corrected chi connectivity index (χ0v) is 15.2. The monoisotopic (exact) mass is 367 g/mol. The van der Waals surface area contributed by atoms with E-state index >= 15 is 0 Å². The maximum Gasteiger partial charge on any atom is 0.126 e. The Morgan fingerprint density at radius 2 is 1.96 bits per heavy atom. The first kappa shape index (κ1) is 17.7. The number of hydrogen-bond acceptors (Lipinski definition) is 4. The molecule has 0 unspecified atom stereocenters. The van der Waals surface area contributed by atoms with Gasteiger partial charge in [0.05, 0.1) is 38.3 Å². The lowest BCUT2D eigenvalue weighted by Gasteiger charge is -2.34. The van der Waals surface area contributed by atoms with Crippen LogP contribution in [0.15, 0.2) is 54.7 Å². The minimum absolute atomic E-state index is 0.0510. The Kier molecular flexibility index (Phi) is 5.18. The topological polar surface area (TPSA) is 50.4 Å². The molecular weight excluding hydrogens is 345 g/mol. The number of halogens is 1. The number of aromatic amines is 1. The molecule has 0 aliphatic carbocycles. The number of aromatic nitrogens is 2. The number of H-pyrrole nitrogens is 1. The Hall–Kier alpha value is -2.70. The van der Waals surface area contributed by atoms with Gasteiger partial charge >= 0.3 is 0 Å². The van der Waals surface area contributed by atoms with Crippen LogP contribution in [-0.2, 0) is 11.3 Å². The van der Waals surface area contributed by atoms with Gasteiger partial charge in [-0.2, -0.15) is 0 Å². The molecule has 1 aromatic heterocycles. The molecule has 0 spiro atoms. The average molecular weight is 367 g/mol. The Morgan fingerprint density at radius 3 is 2.70 bits per heavy atom. The highest BCUT2D eigenvalue weighted by Gasteiger charge is 2.27. The molecule has 1 saturated heterocycles. The molecule has 1 atom stereocenters. The van der Waals surface area contributed by atoms with E-state index in [1.807, 2.05) is 12.1 Å². The molecule has 1 fully saturated rings. The van der Waals surface area contributed by atoms with E-state index < -0.39 is 0 Å². The molecule has 0 saturated carbocycles. The fourth-order valence-electron chi connectivity index (χ4n) is 3.33. The lowest BCUT2D eigenvalue weighted by atomic mass is 10.1. The number of nitrogens with zero attached hydrogens (tertiary/aromatic N) is 2. The van der Waals surface area contributed by atoms with Crippen LogP contribution in [0.2, 0.25) is 0 Å². The molecule has 4 rings (SSSR count). The highest BCUT2D eigenvalue weighted by molar-refractivity contribution is 5.58. The summed E-state index contributed by atoms with van der Waals surface area (Å²) >= 11 is 0. The number of ether oxygens (including phenoxy) is 2. The van der Waals surface area contributed by atoms with Gasteiger partial charge in [0.2, 0.25) is 0 Å². The molecule has 5 nitrogen and oxygen atoms in total. The van der Waals surface area contributed by atoms with Crippen LogP contribution in [0, 0.1) is 5.82 Å². The van der Waals surface area contributed by atoms with Crippen molar-refractivity contribution < 1.29 is 13.9 Å². The molecule has 6 heteroatoms. The SMILES string of the molecule is COc1ccc(CN2CCOC[C@H]2c2ncc(-c3ccc(F)cc3)[nH]2)cc1. The number of imidazole rings is 1. The Labute approximate surface area is 157 Å². The van der Waals surface area contributed by atoms with Crippen LogP contribution >= 0.6 is 0 Å². The smallest absolute Gasteiger partial charge is 0.126 e. The average Bonchev–Trinajstić information content (AvgIpc) is 3.19. The molecular formula is C21H22FN3O2. The number of morpholine rings is 1. The maximum absolute atomic E-state index is 13.1. The van der Waals surface area contributed by atoms with Gasteiger partial charge in [-0.05, 0) is 47.5 Å². The minimum atomic E-state index is -0.246. The van der Waals surface area contributed by atoms with E-state index in [0.717, 1.165) is 35.9 Å². The highest BCUT2D eigenvalue weighted by atomic mass is 19.1. The molecule has 2 aromatic carbocycles. The van der Waals surface area contributed by atoms with Crippen molar-refractivity contribution >= 4 is 0 Å². The predicted octanol–water partition coefficient (Wildman–Crippen LogP) is 3.80. The van der Waals surface area contributed by atoms with E-state index in [9.17, 15) is 4.39 Å². The van der Waals surface area contributed by atoms with E-state index in [1.165, 1.54) is 17.7 Å². The fraction of sp³-hybridized carbons (Fsp3) is 0.286. The first-order valence-corrected chi connectivity index (χ1v) is 8.98. The van der Waals surface area contributed by atoms with Gasteiger partial charge in [-0.25, -0.2) is 9.37 Å². The summed E-state index contributed by atoms with van der Waals surface area (Å²) in [6, 6.07) is 14.6. The summed E-state index contributed by atoms with van der Waals surface area (Å²) in [6.07, 6.45) is 1.79. The van der Waals surface area contributed by atoms with Gasteiger partial charge in [-0.1, -0.05) is 12.1 Å². The molecule has 140 valence electrons. The van der Waals surface area contributed by atoms with Crippen LogP contribution < -0.4 is 4.74 Å². The van der Waals surface area contributed by atoms with E-state index in [-0.39, 0.29) is 11.9 Å². The normalized spacial score (nSPS) is 17.8. The Balaban J connectivity index is 1.52. The summed E-state index contributed by atoms with van der Waals surface area (Å²) in [5, 5.41) is 0. The second-order valence-corrected chi connectivity index (χ2v) is 6.60. The third kappa shape index (κ3) is 4.02. The van der Waals surface area contributed by atoms with Crippen molar-refractivity contribution in [1.82, 2.24) is 14.9 Å². The molecule has 0 bridgehead atoms. The van der Waals surface area contributed by atoms with E-state index in [1.54, 1.807) is 25.4 Å². The van der Waals surface area contributed by atoms with Gasteiger partial charge in [-0.3, -0.25) is 4.90 Å². The molecule has 1 N–H and O–H groups in total. The summed E-state index contributed by atoms with van der Waals surface area (Å²) in [6.45, 7) is 2.94. The van der Waals surface area contributed by atoms with Gasteiger partial charge in [0, 0.05) is 13.1 Å². The summed E-state index contributed by atoms with van der Waals surface area (Å²) in [5.74, 6) is 1.47. The summed E-state index contributed by atoms with van der Waals surface area (Å²) < 4.78 is 24.1. The predicted molar refractivity (Wildman–Crippen MR) is 101 cm³/mol. The Bertz CT molecular complexity index is 877. The summed E-state index contributed by atoms with van der Waals surface area (Å²) in [4.78, 5) is 10.3. The second-order valence-electron chi connectivity index (χ2n) is 6.60. The van der Waals surface area contributed by atoms with E-state index in [0.29, 0.717) is 13.2 Å². The van der Waals surface area contributed by atoms with Crippen molar-refractivity contribution in [2.45, 2.75) is 12.6 Å². The first-order valence-electron chi connectivity index (χ1n) is 8.98. The number of rotatable bonds is 5. The van der Waals surface area contributed by atoms with Gasteiger partial charge in [0.15, 0.2) is 0 Å². The molecule has 27 heavy (non-hydrogen) atoms. The van der Waals surface area contributed by atoms with Crippen LogP contribution in [0.1, 0.15) is 17.4 Å². The number of methoxy groups -OCH3 is 1. The molecule has 0 radical (unpaired) electrons. The third-order valence-corrected chi connectivity index (χ3v) is 4.85. The van der Waals surface area contributed by atoms with Crippen LogP contribution in [-0.4, -0.2) is 41.7 Å². The molecule has 2 heterocycles. The maximum atomic E-state index is 13.1. The first-order chi connectivity index (χ1) is 13.2. The van der Waals surface area contributed by atoms with Crippen LogP contribution in [0.5, 0.6) is 5.75 Å². The van der Waals surface area contributed by atoms with Crippen molar-refractivity contribution in [3.05, 3.63) is 71.9 Å². The number of hydrogen-bond donors (Lipinski definition) is 1. The van der Waals surface area contributed by atoms with Gasteiger partial charge < -0.3 is 14.5 Å². The van der Waals surface area contributed by atoms with Crippen molar-refractivity contribution in [1.29, 1.82) is 0 Å². The second kappa shape index (κ2) is 7.90. The molecule has 1 aliphatic rings. The summed E-state index contributed by atoms with van der Waals surface area (Å²) in [7, 11) is 1.67. The number of nitrogens with one attached hydrogen (secondary N) is 1. The molecule has 0 amide bonds. The van der Waals surface area contributed by atoms with Crippen LogP contribution in [0.3, 0.4) is 0 Å². The van der Waals surface area contributed by atoms with Gasteiger partial charge in [0.1, 0.15) is 17.4 Å². The zero-order valence-electron chi connectivity index (χ0n) is 15.2. The Morgan fingerprint density at radius 1 is 1.19 bits per heavy atom. The lowest BCUT2D eigenvalue weighted by Crippen LogP contribution is -2.39. The third-order valence-electron chi connectivity index (χ3n) is 4.85. The number of benzene rings is 2. The molecule has 3 aromatic rings. The van der Waals surface area contributed by atoms with Crippen LogP contribution in [0.25, 0.3) is 11.3 Å².